The maximum absolute atomic E-state index is 2.53. The Morgan fingerprint density at radius 3 is 2.19 bits per heavy atom. The average molecular weight is 217 g/mol. The van der Waals surface area contributed by atoms with Crippen LogP contribution in [0.5, 0.6) is 0 Å². The molecule has 1 fully saturated rings. The zero-order valence-corrected chi connectivity index (χ0v) is 10.6. The molecule has 0 unspecified atom stereocenters. The van der Waals surface area contributed by atoms with Gasteiger partial charge < -0.3 is 4.90 Å². The molecule has 1 aromatic rings. The summed E-state index contributed by atoms with van der Waals surface area (Å²) in [7, 11) is 0. The number of aryl methyl sites for hydroxylation is 1. The Kier molecular flexibility index (Phi) is 3.87. The summed E-state index contributed by atoms with van der Waals surface area (Å²) in [5.41, 5.74) is 2.85. The third kappa shape index (κ3) is 2.58. The highest BCUT2D eigenvalue weighted by Gasteiger charge is 2.17. The van der Waals surface area contributed by atoms with E-state index in [9.17, 15) is 0 Å². The molecule has 0 radical (unpaired) electrons. The van der Waals surface area contributed by atoms with Crippen LogP contribution in [-0.2, 0) is 6.42 Å². The van der Waals surface area contributed by atoms with E-state index < -0.39 is 0 Å². The van der Waals surface area contributed by atoms with Crippen molar-refractivity contribution in [2.75, 3.05) is 18.0 Å². The van der Waals surface area contributed by atoms with E-state index in [0.29, 0.717) is 0 Å². The smallest absolute Gasteiger partial charge is 0.0366 e. The van der Waals surface area contributed by atoms with E-state index in [2.05, 4.69) is 43.0 Å². The second kappa shape index (κ2) is 5.38. The van der Waals surface area contributed by atoms with Crippen molar-refractivity contribution in [2.24, 2.45) is 5.92 Å². The molecule has 1 aliphatic heterocycles. The second-order valence-electron chi connectivity index (χ2n) is 4.86. The highest BCUT2D eigenvalue weighted by Crippen LogP contribution is 2.25. The minimum absolute atomic E-state index is 0.964. The third-order valence-electron chi connectivity index (χ3n) is 3.90. The molecule has 1 nitrogen and oxygen atoms in total. The van der Waals surface area contributed by atoms with Gasteiger partial charge in [0.15, 0.2) is 0 Å². The fraction of sp³-hybridized carbons (Fsp3) is 0.600. The van der Waals surface area contributed by atoms with E-state index in [1.54, 1.807) is 0 Å². The van der Waals surface area contributed by atoms with Crippen molar-refractivity contribution < 1.29 is 0 Å². The topological polar surface area (TPSA) is 3.24 Å². The van der Waals surface area contributed by atoms with Gasteiger partial charge in [-0.1, -0.05) is 32.4 Å². The molecule has 0 bridgehead atoms. The first-order valence-electron chi connectivity index (χ1n) is 6.67. The van der Waals surface area contributed by atoms with Crippen LogP contribution in [0.25, 0.3) is 0 Å². The zero-order valence-electron chi connectivity index (χ0n) is 10.6. The molecule has 0 aliphatic carbocycles. The van der Waals surface area contributed by atoms with E-state index in [1.165, 1.54) is 43.6 Å². The number of benzene rings is 1. The van der Waals surface area contributed by atoms with Crippen molar-refractivity contribution in [3.8, 4) is 0 Å². The molecular weight excluding hydrogens is 194 g/mol. The fourth-order valence-electron chi connectivity index (χ4n) is 2.54. The Balaban J connectivity index is 1.97. The van der Waals surface area contributed by atoms with Gasteiger partial charge in [0, 0.05) is 18.8 Å². The summed E-state index contributed by atoms with van der Waals surface area (Å²) in [5.74, 6) is 0.964. The average Bonchev–Trinajstić information content (AvgIpc) is 2.39. The van der Waals surface area contributed by atoms with Crippen LogP contribution in [0.1, 0.15) is 38.7 Å². The summed E-state index contributed by atoms with van der Waals surface area (Å²) in [4.78, 5) is 2.53. The van der Waals surface area contributed by atoms with Crippen molar-refractivity contribution in [1.29, 1.82) is 0 Å². The van der Waals surface area contributed by atoms with E-state index in [-0.39, 0.29) is 0 Å². The lowest BCUT2D eigenvalue weighted by molar-refractivity contribution is 0.395. The van der Waals surface area contributed by atoms with Crippen LogP contribution in [0.2, 0.25) is 0 Å². The summed E-state index contributed by atoms with van der Waals surface area (Å²) >= 11 is 0. The molecule has 88 valence electrons. The fourth-order valence-corrected chi connectivity index (χ4v) is 2.54. The van der Waals surface area contributed by atoms with Gasteiger partial charge in [0.2, 0.25) is 0 Å². The quantitative estimate of drug-likeness (QED) is 0.742. The highest BCUT2D eigenvalue weighted by molar-refractivity contribution is 5.47. The van der Waals surface area contributed by atoms with Crippen molar-refractivity contribution in [3.63, 3.8) is 0 Å². The summed E-state index contributed by atoms with van der Waals surface area (Å²) in [6.45, 7) is 7.01. The SMILES string of the molecule is CCc1ccc(N2CCC(CC)CC2)cc1. The minimum atomic E-state index is 0.964. The van der Waals surface area contributed by atoms with Crippen LogP contribution in [0.15, 0.2) is 24.3 Å². The van der Waals surface area contributed by atoms with Gasteiger partial charge >= 0.3 is 0 Å². The van der Waals surface area contributed by atoms with Gasteiger partial charge in [0.05, 0.1) is 0 Å². The number of piperidine rings is 1. The van der Waals surface area contributed by atoms with Crippen LogP contribution < -0.4 is 4.90 Å². The molecule has 0 amide bonds. The predicted octanol–water partition coefficient (Wildman–Crippen LogP) is 3.88. The number of rotatable bonds is 3. The molecule has 1 heteroatoms. The number of hydrogen-bond acceptors (Lipinski definition) is 1. The lowest BCUT2D eigenvalue weighted by Crippen LogP contribution is -2.33. The van der Waals surface area contributed by atoms with Gasteiger partial charge in [0.1, 0.15) is 0 Å². The maximum Gasteiger partial charge on any atom is 0.0366 e. The van der Waals surface area contributed by atoms with Crippen LogP contribution >= 0.6 is 0 Å². The zero-order chi connectivity index (χ0) is 11.4. The highest BCUT2D eigenvalue weighted by atomic mass is 15.1. The molecule has 1 saturated heterocycles. The molecule has 0 atom stereocenters. The molecule has 2 rings (SSSR count). The largest absolute Gasteiger partial charge is 0.372 e. The Hall–Kier alpha value is -0.980. The Labute approximate surface area is 99.5 Å². The lowest BCUT2D eigenvalue weighted by atomic mass is 9.94. The van der Waals surface area contributed by atoms with Gasteiger partial charge in [-0.05, 0) is 42.9 Å². The Morgan fingerprint density at radius 2 is 1.69 bits per heavy atom. The van der Waals surface area contributed by atoms with Crippen molar-refractivity contribution in [3.05, 3.63) is 29.8 Å². The normalized spacial score (nSPS) is 17.8. The van der Waals surface area contributed by atoms with Crippen LogP contribution in [0, 0.1) is 5.92 Å². The Bertz CT molecular complexity index is 307. The van der Waals surface area contributed by atoms with Gasteiger partial charge in [-0.15, -0.1) is 0 Å². The first-order chi connectivity index (χ1) is 7.83. The monoisotopic (exact) mass is 217 g/mol. The van der Waals surface area contributed by atoms with Crippen molar-refractivity contribution in [1.82, 2.24) is 0 Å². The Morgan fingerprint density at radius 1 is 1.06 bits per heavy atom. The van der Waals surface area contributed by atoms with Crippen LogP contribution in [0.4, 0.5) is 5.69 Å². The maximum atomic E-state index is 2.53. The van der Waals surface area contributed by atoms with E-state index in [1.807, 2.05) is 0 Å². The van der Waals surface area contributed by atoms with E-state index in [0.717, 1.165) is 12.3 Å². The number of hydrogen-bond donors (Lipinski definition) is 0. The standard InChI is InChI=1S/C15H23N/c1-3-13-5-7-15(8-6-13)16-11-9-14(4-2)10-12-16/h5-8,14H,3-4,9-12H2,1-2H3. The lowest BCUT2D eigenvalue weighted by Gasteiger charge is -2.33. The molecule has 0 aromatic heterocycles. The molecule has 0 saturated carbocycles. The molecule has 16 heavy (non-hydrogen) atoms. The number of anilines is 1. The van der Waals surface area contributed by atoms with Crippen LogP contribution in [-0.4, -0.2) is 13.1 Å². The molecule has 1 aliphatic rings. The third-order valence-corrected chi connectivity index (χ3v) is 3.90. The molecule has 1 heterocycles. The van der Waals surface area contributed by atoms with E-state index >= 15 is 0 Å². The van der Waals surface area contributed by atoms with Gasteiger partial charge in [-0.25, -0.2) is 0 Å². The van der Waals surface area contributed by atoms with Gasteiger partial charge in [-0.2, -0.15) is 0 Å². The molecule has 0 N–H and O–H groups in total. The second-order valence-corrected chi connectivity index (χ2v) is 4.86. The summed E-state index contributed by atoms with van der Waals surface area (Å²) in [6.07, 6.45) is 5.22. The van der Waals surface area contributed by atoms with Gasteiger partial charge in [-0.3, -0.25) is 0 Å². The minimum Gasteiger partial charge on any atom is -0.372 e. The summed E-state index contributed by atoms with van der Waals surface area (Å²) in [6, 6.07) is 9.10. The summed E-state index contributed by atoms with van der Waals surface area (Å²) in [5, 5.41) is 0. The summed E-state index contributed by atoms with van der Waals surface area (Å²) < 4.78 is 0. The molecule has 0 spiro atoms. The van der Waals surface area contributed by atoms with Crippen molar-refractivity contribution in [2.45, 2.75) is 39.5 Å². The molecular formula is C15H23N. The van der Waals surface area contributed by atoms with E-state index in [4.69, 9.17) is 0 Å². The first-order valence-corrected chi connectivity index (χ1v) is 6.67. The van der Waals surface area contributed by atoms with Crippen LogP contribution in [0.3, 0.4) is 0 Å². The first kappa shape index (κ1) is 11.5. The van der Waals surface area contributed by atoms with Crippen molar-refractivity contribution >= 4 is 5.69 Å². The predicted molar refractivity (Wildman–Crippen MR) is 71.0 cm³/mol. The van der Waals surface area contributed by atoms with Gasteiger partial charge in [0.25, 0.3) is 0 Å². The number of nitrogens with zero attached hydrogens (tertiary/aromatic N) is 1. The molecule has 1 aromatic carbocycles.